The molecule has 21 heavy (non-hydrogen) atoms. The Bertz CT molecular complexity index is 605. The van der Waals surface area contributed by atoms with Gasteiger partial charge in [-0.3, -0.25) is 0 Å². The molecule has 0 aliphatic rings. The van der Waals surface area contributed by atoms with Gasteiger partial charge in [-0.05, 0) is 29.8 Å². The van der Waals surface area contributed by atoms with Crippen molar-refractivity contribution in [1.82, 2.24) is 0 Å². The summed E-state index contributed by atoms with van der Waals surface area (Å²) in [6.07, 6.45) is 0. The van der Waals surface area contributed by atoms with Gasteiger partial charge in [-0.1, -0.05) is 18.2 Å². The highest BCUT2D eigenvalue weighted by atomic mass is 19.3. The van der Waals surface area contributed by atoms with Crippen LogP contribution in [0.3, 0.4) is 0 Å². The summed E-state index contributed by atoms with van der Waals surface area (Å²) in [5.74, 6) is 0.472. The maximum absolute atomic E-state index is 12.3. The van der Waals surface area contributed by atoms with Crippen molar-refractivity contribution in [3.05, 3.63) is 48.0 Å². The van der Waals surface area contributed by atoms with Crippen molar-refractivity contribution in [2.45, 2.75) is 13.2 Å². The Morgan fingerprint density at radius 1 is 1.14 bits per heavy atom. The van der Waals surface area contributed by atoms with Gasteiger partial charge in [0.2, 0.25) is 0 Å². The van der Waals surface area contributed by atoms with Gasteiger partial charge in [0.15, 0.2) is 11.5 Å². The van der Waals surface area contributed by atoms with Crippen molar-refractivity contribution in [3.8, 4) is 17.2 Å². The summed E-state index contributed by atoms with van der Waals surface area (Å²) in [4.78, 5) is 0. The molecule has 0 aliphatic heterocycles. The Morgan fingerprint density at radius 3 is 2.57 bits per heavy atom. The van der Waals surface area contributed by atoms with E-state index in [-0.39, 0.29) is 11.5 Å². The second-order valence-corrected chi connectivity index (χ2v) is 4.23. The summed E-state index contributed by atoms with van der Waals surface area (Å²) >= 11 is 0. The molecule has 2 aromatic carbocycles. The van der Waals surface area contributed by atoms with Crippen molar-refractivity contribution < 1.29 is 23.4 Å². The van der Waals surface area contributed by atoms with E-state index in [0.29, 0.717) is 18.0 Å². The SMILES string of the molecule is COc1ccc(CNc2ccccc2OC(F)F)cc1O. The number of anilines is 1. The topological polar surface area (TPSA) is 50.7 Å². The monoisotopic (exact) mass is 295 g/mol. The first-order valence-electron chi connectivity index (χ1n) is 6.23. The molecule has 0 heterocycles. The molecular formula is C15H15F2NO3. The molecule has 0 bridgehead atoms. The Morgan fingerprint density at radius 2 is 1.90 bits per heavy atom. The molecule has 2 rings (SSSR count). The van der Waals surface area contributed by atoms with Crippen molar-refractivity contribution in [2.24, 2.45) is 0 Å². The fraction of sp³-hybridized carbons (Fsp3) is 0.200. The first kappa shape index (κ1) is 14.9. The van der Waals surface area contributed by atoms with Crippen LogP contribution in [0.15, 0.2) is 42.5 Å². The maximum Gasteiger partial charge on any atom is 0.387 e. The molecule has 0 aromatic heterocycles. The number of halogens is 2. The average molecular weight is 295 g/mol. The predicted molar refractivity (Wildman–Crippen MR) is 75.1 cm³/mol. The van der Waals surface area contributed by atoms with Gasteiger partial charge in [0.05, 0.1) is 12.8 Å². The van der Waals surface area contributed by atoms with E-state index in [0.717, 1.165) is 5.56 Å². The average Bonchev–Trinajstić information content (AvgIpc) is 2.46. The molecule has 0 amide bonds. The molecule has 0 aliphatic carbocycles. The zero-order chi connectivity index (χ0) is 15.2. The summed E-state index contributed by atoms with van der Waals surface area (Å²) in [5, 5.41) is 12.7. The van der Waals surface area contributed by atoms with Crippen molar-refractivity contribution >= 4 is 5.69 Å². The van der Waals surface area contributed by atoms with E-state index in [1.165, 1.54) is 13.2 Å². The molecule has 0 saturated heterocycles. The van der Waals surface area contributed by atoms with Crippen LogP contribution < -0.4 is 14.8 Å². The number of phenolic OH excluding ortho intramolecular Hbond substituents is 1. The fourth-order valence-electron chi connectivity index (χ4n) is 1.85. The van der Waals surface area contributed by atoms with E-state index in [9.17, 15) is 13.9 Å². The molecular weight excluding hydrogens is 280 g/mol. The molecule has 6 heteroatoms. The van der Waals surface area contributed by atoms with Crippen LogP contribution in [0.25, 0.3) is 0 Å². The smallest absolute Gasteiger partial charge is 0.387 e. The van der Waals surface area contributed by atoms with E-state index in [4.69, 9.17) is 4.74 Å². The molecule has 4 nitrogen and oxygen atoms in total. The molecule has 0 radical (unpaired) electrons. The van der Waals surface area contributed by atoms with Crippen molar-refractivity contribution in [1.29, 1.82) is 0 Å². The summed E-state index contributed by atoms with van der Waals surface area (Å²) in [5.41, 5.74) is 1.23. The van der Waals surface area contributed by atoms with Crippen LogP contribution in [0.2, 0.25) is 0 Å². The lowest BCUT2D eigenvalue weighted by Gasteiger charge is -2.13. The van der Waals surface area contributed by atoms with Gasteiger partial charge in [0.1, 0.15) is 5.75 Å². The van der Waals surface area contributed by atoms with E-state index >= 15 is 0 Å². The number of benzene rings is 2. The minimum absolute atomic E-state index is 0.0221. The first-order chi connectivity index (χ1) is 10.1. The number of ether oxygens (including phenoxy) is 2. The summed E-state index contributed by atoms with van der Waals surface area (Å²) < 4.78 is 34.0. The molecule has 0 spiro atoms. The second-order valence-electron chi connectivity index (χ2n) is 4.23. The Balaban J connectivity index is 2.08. The predicted octanol–water partition coefficient (Wildman–Crippen LogP) is 3.61. The molecule has 112 valence electrons. The highest BCUT2D eigenvalue weighted by Gasteiger charge is 2.09. The molecule has 0 saturated carbocycles. The molecule has 0 atom stereocenters. The van der Waals surface area contributed by atoms with Gasteiger partial charge < -0.3 is 19.9 Å². The minimum atomic E-state index is -2.88. The van der Waals surface area contributed by atoms with E-state index in [2.05, 4.69) is 10.1 Å². The Labute approximate surface area is 120 Å². The third-order valence-corrected chi connectivity index (χ3v) is 2.83. The lowest BCUT2D eigenvalue weighted by Crippen LogP contribution is -2.06. The third-order valence-electron chi connectivity index (χ3n) is 2.83. The summed E-state index contributed by atoms with van der Waals surface area (Å²) in [7, 11) is 1.46. The number of aromatic hydroxyl groups is 1. The minimum Gasteiger partial charge on any atom is -0.504 e. The van der Waals surface area contributed by atoms with E-state index in [1.54, 1.807) is 36.4 Å². The van der Waals surface area contributed by atoms with Crippen LogP contribution >= 0.6 is 0 Å². The lowest BCUT2D eigenvalue weighted by molar-refractivity contribution is -0.0493. The van der Waals surface area contributed by atoms with Crippen LogP contribution in [0.4, 0.5) is 14.5 Å². The molecule has 2 aromatic rings. The van der Waals surface area contributed by atoms with Gasteiger partial charge >= 0.3 is 6.61 Å². The van der Waals surface area contributed by atoms with Crippen LogP contribution in [-0.2, 0) is 6.54 Å². The zero-order valence-electron chi connectivity index (χ0n) is 11.3. The van der Waals surface area contributed by atoms with Gasteiger partial charge in [-0.25, -0.2) is 0 Å². The summed E-state index contributed by atoms with van der Waals surface area (Å²) in [6.45, 7) is -2.53. The fourth-order valence-corrected chi connectivity index (χ4v) is 1.85. The van der Waals surface area contributed by atoms with Crippen LogP contribution in [0.1, 0.15) is 5.56 Å². The summed E-state index contributed by atoms with van der Waals surface area (Å²) in [6, 6.07) is 11.4. The second kappa shape index (κ2) is 6.78. The Kier molecular flexibility index (Phi) is 4.81. The maximum atomic E-state index is 12.3. The van der Waals surface area contributed by atoms with Crippen molar-refractivity contribution in [3.63, 3.8) is 0 Å². The van der Waals surface area contributed by atoms with Gasteiger partial charge in [-0.2, -0.15) is 8.78 Å². The molecule has 0 unspecified atom stereocenters. The first-order valence-corrected chi connectivity index (χ1v) is 6.23. The van der Waals surface area contributed by atoms with Gasteiger partial charge in [0, 0.05) is 6.54 Å². The number of hydrogen-bond acceptors (Lipinski definition) is 4. The van der Waals surface area contributed by atoms with E-state index < -0.39 is 6.61 Å². The van der Waals surface area contributed by atoms with Gasteiger partial charge in [0.25, 0.3) is 0 Å². The van der Waals surface area contributed by atoms with Gasteiger partial charge in [-0.15, -0.1) is 0 Å². The van der Waals surface area contributed by atoms with Crippen LogP contribution in [0.5, 0.6) is 17.2 Å². The lowest BCUT2D eigenvalue weighted by atomic mass is 10.2. The van der Waals surface area contributed by atoms with Crippen molar-refractivity contribution in [2.75, 3.05) is 12.4 Å². The molecule has 0 fully saturated rings. The quantitative estimate of drug-likeness (QED) is 0.854. The number of hydrogen-bond donors (Lipinski definition) is 2. The number of alkyl halides is 2. The number of nitrogens with one attached hydrogen (secondary N) is 1. The van der Waals surface area contributed by atoms with Crippen LogP contribution in [-0.4, -0.2) is 18.8 Å². The number of rotatable bonds is 6. The Hall–Kier alpha value is -2.50. The highest BCUT2D eigenvalue weighted by Crippen LogP contribution is 2.28. The molecule has 2 N–H and O–H groups in total. The third kappa shape index (κ3) is 3.98. The number of para-hydroxylation sites is 2. The number of methoxy groups -OCH3 is 1. The largest absolute Gasteiger partial charge is 0.504 e. The standard InChI is InChI=1S/C15H15F2NO3/c1-20-14-7-6-10(8-12(14)19)9-18-11-4-2-3-5-13(11)21-15(16)17/h2-8,15,18-19H,9H2,1H3. The number of phenols is 1. The highest BCUT2D eigenvalue weighted by molar-refractivity contribution is 5.56. The van der Waals surface area contributed by atoms with Crippen LogP contribution in [0, 0.1) is 0 Å². The normalized spacial score (nSPS) is 10.5. The van der Waals surface area contributed by atoms with E-state index in [1.807, 2.05) is 0 Å². The zero-order valence-corrected chi connectivity index (χ0v) is 11.3.